The maximum Gasteiger partial charge on any atom is 0.262 e. The number of fused-ring (bicyclic) bond motifs is 2. The van der Waals surface area contributed by atoms with E-state index in [1.165, 1.54) is 7.11 Å². The number of nitrogens with one attached hydrogen (secondary N) is 2. The van der Waals surface area contributed by atoms with Crippen LogP contribution in [-0.2, 0) is 22.6 Å². The van der Waals surface area contributed by atoms with Crippen molar-refractivity contribution in [3.05, 3.63) is 64.4 Å². The normalized spacial score (nSPS) is 11.7. The van der Waals surface area contributed by atoms with Crippen LogP contribution in [-0.4, -0.2) is 68.9 Å². The number of aromatic nitrogens is 2. The lowest BCUT2D eigenvalue weighted by atomic mass is 10.1. The average molecular weight is 693 g/mol. The van der Waals surface area contributed by atoms with Gasteiger partial charge in [0.05, 0.1) is 50.8 Å². The molecule has 0 bridgehead atoms. The number of nitrogens with zero attached hydrogens (tertiary/aromatic N) is 2. The molecule has 0 saturated carbocycles. The molecule has 0 unspecified atom stereocenters. The van der Waals surface area contributed by atoms with Crippen molar-refractivity contribution in [3.8, 4) is 34.5 Å². The van der Waals surface area contributed by atoms with E-state index in [1.54, 1.807) is 56.2 Å². The molecule has 0 aliphatic carbocycles. The Kier molecular flexibility index (Phi) is 12.1. The molecule has 2 N–H and O–H groups in total. The van der Waals surface area contributed by atoms with E-state index in [-0.39, 0.29) is 29.9 Å². The third-order valence-corrected chi connectivity index (χ3v) is 8.87. The molecule has 0 fully saturated rings. The maximum atomic E-state index is 13.7. The molecule has 1 aliphatic rings. The number of carbonyl (C=O) groups is 2. The highest BCUT2D eigenvalue weighted by Crippen LogP contribution is 2.35. The monoisotopic (exact) mass is 692 g/mol. The number of methoxy groups -OCH3 is 4. The van der Waals surface area contributed by atoms with E-state index in [0.29, 0.717) is 95.0 Å². The van der Waals surface area contributed by atoms with Crippen LogP contribution in [0.15, 0.2) is 58.5 Å². The number of unbranched alkanes of at least 4 members (excludes halogenated alkanes) is 2. The Hall–Kier alpha value is -5.11. The molecule has 1 aromatic heterocycles. The van der Waals surface area contributed by atoms with Gasteiger partial charge in [-0.05, 0) is 55.2 Å². The second-order valence-electron chi connectivity index (χ2n) is 11.1. The molecule has 0 atom stereocenters. The van der Waals surface area contributed by atoms with Crippen molar-refractivity contribution in [3.63, 3.8) is 0 Å². The van der Waals surface area contributed by atoms with Gasteiger partial charge in [-0.1, -0.05) is 24.2 Å². The molecule has 4 aromatic rings. The van der Waals surface area contributed by atoms with Crippen LogP contribution in [0.1, 0.15) is 31.2 Å². The maximum absolute atomic E-state index is 13.7. The Balaban J connectivity index is 1.18. The van der Waals surface area contributed by atoms with Gasteiger partial charge in [0.25, 0.3) is 5.56 Å². The SMILES string of the molecule is COc1ccc(NC(=O)CSc2nc3cc4c(cc3c(=O)n2CCCCCC(=O)NCCc2ccc(OC)c(OC)c2)OCO4)c(OC)c1. The number of anilines is 1. The third kappa shape index (κ3) is 8.87. The molecule has 3 aromatic carbocycles. The quantitative estimate of drug-likeness (QED) is 0.0893. The summed E-state index contributed by atoms with van der Waals surface area (Å²) in [6.45, 7) is 0.942. The largest absolute Gasteiger partial charge is 0.497 e. The highest BCUT2D eigenvalue weighted by Gasteiger charge is 2.20. The molecule has 0 radical (unpaired) electrons. The zero-order valence-corrected chi connectivity index (χ0v) is 28.8. The van der Waals surface area contributed by atoms with Crippen LogP contribution in [0.2, 0.25) is 0 Å². The van der Waals surface area contributed by atoms with Gasteiger partial charge in [0.2, 0.25) is 18.6 Å². The molecular formula is C35H40N4O9S. The third-order valence-electron chi connectivity index (χ3n) is 7.90. The predicted octanol–water partition coefficient (Wildman–Crippen LogP) is 4.81. The van der Waals surface area contributed by atoms with Gasteiger partial charge in [0, 0.05) is 31.6 Å². The average Bonchev–Trinajstić information content (AvgIpc) is 3.58. The van der Waals surface area contributed by atoms with Crippen LogP contribution >= 0.6 is 11.8 Å². The first kappa shape index (κ1) is 35.2. The summed E-state index contributed by atoms with van der Waals surface area (Å²) in [5.41, 5.74) is 1.74. The lowest BCUT2D eigenvalue weighted by Gasteiger charge is -2.14. The van der Waals surface area contributed by atoms with E-state index in [1.807, 2.05) is 18.2 Å². The van der Waals surface area contributed by atoms with E-state index in [2.05, 4.69) is 10.6 Å². The predicted molar refractivity (Wildman–Crippen MR) is 186 cm³/mol. The molecule has 13 nitrogen and oxygen atoms in total. The second-order valence-corrected chi connectivity index (χ2v) is 12.0. The molecule has 0 spiro atoms. The van der Waals surface area contributed by atoms with E-state index < -0.39 is 0 Å². The summed E-state index contributed by atoms with van der Waals surface area (Å²) in [7, 11) is 6.24. The minimum absolute atomic E-state index is 0.00115. The lowest BCUT2D eigenvalue weighted by Crippen LogP contribution is -2.25. The zero-order valence-electron chi connectivity index (χ0n) is 28.0. The smallest absolute Gasteiger partial charge is 0.262 e. The van der Waals surface area contributed by atoms with Crippen molar-refractivity contribution in [2.45, 2.75) is 43.8 Å². The molecule has 2 heterocycles. The Morgan fingerprint density at radius 3 is 2.39 bits per heavy atom. The summed E-state index contributed by atoms with van der Waals surface area (Å²) < 4.78 is 33.8. The molecule has 2 amide bonds. The van der Waals surface area contributed by atoms with Crippen molar-refractivity contribution >= 4 is 40.2 Å². The fourth-order valence-electron chi connectivity index (χ4n) is 5.32. The molecule has 5 rings (SSSR count). The van der Waals surface area contributed by atoms with Crippen molar-refractivity contribution in [1.29, 1.82) is 0 Å². The number of hydrogen-bond donors (Lipinski definition) is 2. The van der Waals surface area contributed by atoms with Crippen LogP contribution in [0.25, 0.3) is 10.9 Å². The van der Waals surface area contributed by atoms with E-state index in [4.69, 9.17) is 33.4 Å². The van der Waals surface area contributed by atoms with Crippen molar-refractivity contribution in [2.24, 2.45) is 0 Å². The second kappa shape index (κ2) is 16.8. The first-order valence-corrected chi connectivity index (χ1v) is 16.8. The number of benzene rings is 3. The van der Waals surface area contributed by atoms with Crippen molar-refractivity contribution < 1.29 is 38.0 Å². The number of hydrogen-bond acceptors (Lipinski definition) is 11. The van der Waals surface area contributed by atoms with Gasteiger partial charge in [-0.15, -0.1) is 0 Å². The summed E-state index contributed by atoms with van der Waals surface area (Å²) in [6, 6.07) is 14.1. The Bertz CT molecular complexity index is 1860. The van der Waals surface area contributed by atoms with Gasteiger partial charge in [0.15, 0.2) is 28.2 Å². The fraction of sp³-hybridized carbons (Fsp3) is 0.371. The summed E-state index contributed by atoms with van der Waals surface area (Å²) in [5.74, 6) is 3.05. The first-order chi connectivity index (χ1) is 23.8. The van der Waals surface area contributed by atoms with Gasteiger partial charge in [0.1, 0.15) is 11.5 Å². The summed E-state index contributed by atoms with van der Waals surface area (Å²) in [4.78, 5) is 43.9. The highest BCUT2D eigenvalue weighted by atomic mass is 32.2. The van der Waals surface area contributed by atoms with E-state index >= 15 is 0 Å². The highest BCUT2D eigenvalue weighted by molar-refractivity contribution is 7.99. The van der Waals surface area contributed by atoms with Crippen LogP contribution in [0.5, 0.6) is 34.5 Å². The number of rotatable bonds is 17. The van der Waals surface area contributed by atoms with Gasteiger partial charge in [-0.2, -0.15) is 0 Å². The van der Waals surface area contributed by atoms with Crippen LogP contribution in [0, 0.1) is 0 Å². The zero-order chi connectivity index (χ0) is 34.8. The van der Waals surface area contributed by atoms with Crippen molar-refractivity contribution in [1.82, 2.24) is 14.9 Å². The van der Waals surface area contributed by atoms with E-state index in [9.17, 15) is 14.4 Å². The Labute approximate surface area is 288 Å². The molecule has 14 heteroatoms. The van der Waals surface area contributed by atoms with Gasteiger partial charge in [-0.25, -0.2) is 4.98 Å². The number of carbonyl (C=O) groups excluding carboxylic acids is 2. The standard InChI is InChI=1S/C35H40N4O9S/c1-43-23-10-11-25(28(17-23)45-3)37-33(41)20-49-35-38-26-19-31-30(47-21-48-31)18-24(26)34(42)39(35)15-7-5-6-8-32(40)36-14-13-22-9-12-27(44-2)29(16-22)46-4/h9-12,16-19H,5-8,13-15,20-21H2,1-4H3,(H,36,40)(H,37,41). The van der Waals surface area contributed by atoms with Crippen molar-refractivity contribution in [2.75, 3.05) is 52.8 Å². The number of amides is 2. The number of ether oxygens (including phenoxy) is 6. The number of thioether (sulfide) groups is 1. The molecule has 0 saturated heterocycles. The van der Waals surface area contributed by atoms with Gasteiger partial charge < -0.3 is 39.1 Å². The topological polar surface area (TPSA) is 148 Å². The summed E-state index contributed by atoms with van der Waals surface area (Å²) >= 11 is 1.16. The Morgan fingerprint density at radius 2 is 1.63 bits per heavy atom. The lowest BCUT2D eigenvalue weighted by molar-refractivity contribution is -0.121. The van der Waals surface area contributed by atoms with Crippen LogP contribution in [0.4, 0.5) is 5.69 Å². The first-order valence-electron chi connectivity index (χ1n) is 15.8. The van der Waals surface area contributed by atoms with Crippen LogP contribution < -0.4 is 44.6 Å². The van der Waals surface area contributed by atoms with Gasteiger partial charge >= 0.3 is 0 Å². The van der Waals surface area contributed by atoms with E-state index in [0.717, 1.165) is 23.7 Å². The van der Waals surface area contributed by atoms with Gasteiger partial charge in [-0.3, -0.25) is 19.0 Å². The fourth-order valence-corrected chi connectivity index (χ4v) is 6.14. The molecule has 260 valence electrons. The molecule has 49 heavy (non-hydrogen) atoms. The molecule has 1 aliphatic heterocycles. The van der Waals surface area contributed by atoms with Crippen LogP contribution in [0.3, 0.4) is 0 Å². The Morgan fingerprint density at radius 1 is 0.857 bits per heavy atom. The minimum Gasteiger partial charge on any atom is -0.497 e. The molecular weight excluding hydrogens is 652 g/mol. The minimum atomic E-state index is -0.294. The summed E-state index contributed by atoms with van der Waals surface area (Å²) in [6.07, 6.45) is 3.05. The summed E-state index contributed by atoms with van der Waals surface area (Å²) in [5, 5.41) is 6.62.